The van der Waals surface area contributed by atoms with Gasteiger partial charge in [0.25, 0.3) is 0 Å². The summed E-state index contributed by atoms with van der Waals surface area (Å²) >= 11 is 5.74. The molecule has 0 bridgehead atoms. The summed E-state index contributed by atoms with van der Waals surface area (Å²) in [5.41, 5.74) is -0.990. The standard InChI is InChI=1S/C17H16ClF3N2O3S/c1-2-23(27(25,26)15-8-6-13(18)7-9-15)11-16(24)22-14-5-3-4-12(10-14)17(19,20)21/h3-10H,2,11H2,1H3,(H,22,24). The van der Waals surface area contributed by atoms with Crippen molar-refractivity contribution >= 4 is 33.2 Å². The largest absolute Gasteiger partial charge is 0.416 e. The van der Waals surface area contributed by atoms with Crippen molar-refractivity contribution in [2.75, 3.05) is 18.4 Å². The predicted octanol–water partition coefficient (Wildman–Crippen LogP) is 4.01. The number of likely N-dealkylation sites (N-methyl/N-ethyl adjacent to an activating group) is 1. The summed E-state index contributed by atoms with van der Waals surface area (Å²) in [6.45, 7) is 1.00. The summed E-state index contributed by atoms with van der Waals surface area (Å²) in [4.78, 5) is 12.1. The van der Waals surface area contributed by atoms with E-state index < -0.39 is 34.2 Å². The molecule has 0 unspecified atom stereocenters. The Morgan fingerprint density at radius 1 is 1.15 bits per heavy atom. The SMILES string of the molecule is CCN(CC(=O)Nc1cccc(C(F)(F)F)c1)S(=O)(=O)c1ccc(Cl)cc1. The third-order valence-corrected chi connectivity index (χ3v) is 5.78. The number of nitrogens with zero attached hydrogens (tertiary/aromatic N) is 1. The molecule has 0 aliphatic rings. The number of amides is 1. The van der Waals surface area contributed by atoms with Crippen LogP contribution >= 0.6 is 11.6 Å². The van der Waals surface area contributed by atoms with Crippen molar-refractivity contribution < 1.29 is 26.4 Å². The minimum absolute atomic E-state index is 0.000963. The number of benzene rings is 2. The van der Waals surface area contributed by atoms with Crippen molar-refractivity contribution in [2.45, 2.75) is 18.0 Å². The first kappa shape index (κ1) is 21.2. The summed E-state index contributed by atoms with van der Waals surface area (Å²) in [7, 11) is -3.95. The zero-order chi connectivity index (χ0) is 20.2. The molecule has 27 heavy (non-hydrogen) atoms. The van der Waals surface area contributed by atoms with Gasteiger partial charge in [0.1, 0.15) is 0 Å². The number of carbonyl (C=O) groups is 1. The Hall–Kier alpha value is -2.10. The van der Waals surface area contributed by atoms with Gasteiger partial charge >= 0.3 is 6.18 Å². The molecule has 1 N–H and O–H groups in total. The molecule has 0 spiro atoms. The third kappa shape index (κ3) is 5.44. The maximum atomic E-state index is 12.7. The van der Waals surface area contributed by atoms with E-state index in [0.29, 0.717) is 5.02 Å². The zero-order valence-corrected chi connectivity index (χ0v) is 15.7. The number of carbonyl (C=O) groups excluding carboxylic acids is 1. The Morgan fingerprint density at radius 2 is 1.78 bits per heavy atom. The average Bonchev–Trinajstić information content (AvgIpc) is 2.59. The van der Waals surface area contributed by atoms with Gasteiger partial charge in [0.15, 0.2) is 0 Å². The molecule has 0 aliphatic heterocycles. The molecule has 2 aromatic carbocycles. The van der Waals surface area contributed by atoms with Crippen LogP contribution in [-0.4, -0.2) is 31.7 Å². The lowest BCUT2D eigenvalue weighted by Crippen LogP contribution is -2.37. The Morgan fingerprint density at radius 3 is 2.33 bits per heavy atom. The first-order valence-corrected chi connectivity index (χ1v) is 9.58. The minimum atomic E-state index is -4.55. The quantitative estimate of drug-likeness (QED) is 0.767. The molecule has 5 nitrogen and oxygen atoms in total. The Labute approximate surface area is 159 Å². The van der Waals surface area contributed by atoms with E-state index in [-0.39, 0.29) is 17.1 Å². The maximum Gasteiger partial charge on any atom is 0.416 e. The van der Waals surface area contributed by atoms with Crippen molar-refractivity contribution in [1.29, 1.82) is 0 Å². The van der Waals surface area contributed by atoms with E-state index in [0.717, 1.165) is 22.5 Å². The van der Waals surface area contributed by atoms with Gasteiger partial charge in [-0.1, -0.05) is 24.6 Å². The van der Waals surface area contributed by atoms with E-state index in [4.69, 9.17) is 11.6 Å². The molecule has 0 fully saturated rings. The van der Waals surface area contributed by atoms with Crippen LogP contribution in [0.25, 0.3) is 0 Å². The number of anilines is 1. The second-order valence-corrected chi connectivity index (χ2v) is 7.89. The molecule has 1 amide bonds. The van der Waals surface area contributed by atoms with Crippen molar-refractivity contribution in [3.63, 3.8) is 0 Å². The second-order valence-electron chi connectivity index (χ2n) is 5.51. The molecule has 2 aromatic rings. The van der Waals surface area contributed by atoms with Crippen LogP contribution in [-0.2, 0) is 21.0 Å². The zero-order valence-electron chi connectivity index (χ0n) is 14.1. The van der Waals surface area contributed by atoms with E-state index in [2.05, 4.69) is 5.32 Å². The van der Waals surface area contributed by atoms with Gasteiger partial charge in [-0.2, -0.15) is 17.5 Å². The van der Waals surface area contributed by atoms with E-state index in [9.17, 15) is 26.4 Å². The molecule has 2 rings (SSSR count). The monoisotopic (exact) mass is 420 g/mol. The lowest BCUT2D eigenvalue weighted by atomic mass is 10.2. The van der Waals surface area contributed by atoms with E-state index >= 15 is 0 Å². The van der Waals surface area contributed by atoms with Crippen LogP contribution in [0.3, 0.4) is 0 Å². The lowest BCUT2D eigenvalue weighted by molar-refractivity contribution is -0.137. The maximum absolute atomic E-state index is 12.7. The van der Waals surface area contributed by atoms with Crippen LogP contribution in [0.15, 0.2) is 53.4 Å². The van der Waals surface area contributed by atoms with Crippen molar-refractivity contribution in [1.82, 2.24) is 4.31 Å². The normalized spacial score (nSPS) is 12.2. The van der Waals surface area contributed by atoms with Gasteiger partial charge < -0.3 is 5.32 Å². The second kappa shape index (κ2) is 8.28. The molecule has 0 aliphatic carbocycles. The van der Waals surface area contributed by atoms with E-state index in [1.54, 1.807) is 6.92 Å². The predicted molar refractivity (Wildman–Crippen MR) is 96.0 cm³/mol. The summed E-state index contributed by atoms with van der Waals surface area (Å²) in [6.07, 6.45) is -4.55. The molecule has 10 heteroatoms. The highest BCUT2D eigenvalue weighted by Gasteiger charge is 2.31. The van der Waals surface area contributed by atoms with E-state index in [1.165, 1.54) is 30.3 Å². The first-order valence-electron chi connectivity index (χ1n) is 7.77. The molecule has 0 saturated carbocycles. The lowest BCUT2D eigenvalue weighted by Gasteiger charge is -2.20. The van der Waals surface area contributed by atoms with Crippen molar-refractivity contribution in [3.05, 3.63) is 59.1 Å². The number of nitrogens with one attached hydrogen (secondary N) is 1. The van der Waals surface area contributed by atoms with Crippen LogP contribution in [0.2, 0.25) is 5.02 Å². The van der Waals surface area contributed by atoms with Crippen LogP contribution in [0.1, 0.15) is 12.5 Å². The smallest absolute Gasteiger partial charge is 0.325 e. The number of sulfonamides is 1. The fourth-order valence-corrected chi connectivity index (χ4v) is 3.79. The van der Waals surface area contributed by atoms with Crippen LogP contribution < -0.4 is 5.32 Å². The van der Waals surface area contributed by atoms with Gasteiger partial charge in [0.05, 0.1) is 17.0 Å². The van der Waals surface area contributed by atoms with Gasteiger partial charge in [0, 0.05) is 17.3 Å². The summed E-state index contributed by atoms with van der Waals surface area (Å²) in [5, 5.41) is 2.65. The minimum Gasteiger partial charge on any atom is -0.325 e. The Kier molecular flexibility index (Phi) is 6.50. The molecule has 0 radical (unpaired) electrons. The summed E-state index contributed by atoms with van der Waals surface area (Å²) < 4.78 is 64.3. The number of halogens is 4. The third-order valence-electron chi connectivity index (χ3n) is 3.60. The van der Waals surface area contributed by atoms with Crippen LogP contribution in [0.4, 0.5) is 18.9 Å². The number of rotatable bonds is 6. The van der Waals surface area contributed by atoms with Gasteiger partial charge in [-0.25, -0.2) is 8.42 Å². The molecular weight excluding hydrogens is 405 g/mol. The molecule has 0 heterocycles. The number of hydrogen-bond acceptors (Lipinski definition) is 3. The van der Waals surface area contributed by atoms with Gasteiger partial charge in [-0.15, -0.1) is 0 Å². The highest BCUT2D eigenvalue weighted by molar-refractivity contribution is 7.89. The van der Waals surface area contributed by atoms with Crippen molar-refractivity contribution in [3.8, 4) is 0 Å². The Balaban J connectivity index is 2.14. The molecule has 146 valence electrons. The van der Waals surface area contributed by atoms with Crippen LogP contribution in [0.5, 0.6) is 0 Å². The average molecular weight is 421 g/mol. The molecule has 0 saturated heterocycles. The first-order chi connectivity index (χ1) is 12.5. The highest BCUT2D eigenvalue weighted by Crippen LogP contribution is 2.30. The summed E-state index contributed by atoms with van der Waals surface area (Å²) in [5.74, 6) is -0.756. The fourth-order valence-electron chi connectivity index (χ4n) is 2.26. The van der Waals surface area contributed by atoms with Gasteiger partial charge in [-0.05, 0) is 42.5 Å². The molecule has 0 atom stereocenters. The van der Waals surface area contributed by atoms with Gasteiger partial charge in [-0.3, -0.25) is 4.79 Å². The highest BCUT2D eigenvalue weighted by atomic mass is 35.5. The Bertz CT molecular complexity index is 916. The van der Waals surface area contributed by atoms with Gasteiger partial charge in [0.2, 0.25) is 15.9 Å². The number of alkyl halides is 3. The number of hydrogen-bond donors (Lipinski definition) is 1. The fraction of sp³-hybridized carbons (Fsp3) is 0.235. The molecular formula is C17H16ClF3N2O3S. The topological polar surface area (TPSA) is 66.5 Å². The summed E-state index contributed by atoms with van der Waals surface area (Å²) in [6, 6.07) is 9.53. The van der Waals surface area contributed by atoms with Crippen molar-refractivity contribution in [2.24, 2.45) is 0 Å². The molecule has 0 aromatic heterocycles. The van der Waals surface area contributed by atoms with Crippen LogP contribution in [0, 0.1) is 0 Å². The van der Waals surface area contributed by atoms with E-state index in [1.807, 2.05) is 0 Å².